The molecular weight excluding hydrogens is 192 g/mol. The van der Waals surface area contributed by atoms with Crippen LogP contribution in [0.5, 0.6) is 0 Å². The van der Waals surface area contributed by atoms with Crippen LogP contribution in [0.25, 0.3) is 0 Å². The van der Waals surface area contributed by atoms with E-state index in [1.807, 2.05) is 19.9 Å². The summed E-state index contributed by atoms with van der Waals surface area (Å²) in [5.41, 5.74) is 0.499. The van der Waals surface area contributed by atoms with Gasteiger partial charge in [-0.1, -0.05) is 0 Å². The first kappa shape index (κ1) is 11.2. The fraction of sp³-hybridized carbons (Fsp3) is 0.500. The zero-order valence-electron chi connectivity index (χ0n) is 9.14. The molecule has 0 aliphatic heterocycles. The molecule has 0 unspecified atom stereocenters. The predicted molar refractivity (Wildman–Crippen MR) is 55.0 cm³/mol. The molecule has 0 fully saturated rings. The summed E-state index contributed by atoms with van der Waals surface area (Å²) in [6, 6.07) is 3.64. The molecule has 15 heavy (non-hydrogen) atoms. The fourth-order valence-electron chi connectivity index (χ4n) is 1.30. The highest BCUT2D eigenvalue weighted by atomic mass is 16.2. The number of amides is 1. The van der Waals surface area contributed by atoms with Gasteiger partial charge in [-0.15, -0.1) is 0 Å². The highest BCUT2D eigenvalue weighted by molar-refractivity contribution is 5.92. The number of hydrogen-bond donors (Lipinski definition) is 0. The van der Waals surface area contributed by atoms with Crippen molar-refractivity contribution < 1.29 is 4.79 Å². The third kappa shape index (κ3) is 2.34. The Labute approximate surface area is 88.9 Å². The van der Waals surface area contributed by atoms with E-state index in [0.29, 0.717) is 5.69 Å². The summed E-state index contributed by atoms with van der Waals surface area (Å²) in [4.78, 5) is 13.5. The van der Waals surface area contributed by atoms with Crippen molar-refractivity contribution in [3.8, 4) is 6.07 Å². The van der Waals surface area contributed by atoms with Crippen LogP contribution < -0.4 is 0 Å². The molecule has 0 aliphatic carbocycles. The van der Waals surface area contributed by atoms with Crippen molar-refractivity contribution in [2.24, 2.45) is 7.05 Å². The number of aryl methyl sites for hydroxylation is 1. The first-order chi connectivity index (χ1) is 7.07. The number of aromatic nitrogens is 2. The minimum Gasteiger partial charge on any atom is -0.322 e. The summed E-state index contributed by atoms with van der Waals surface area (Å²) in [6.07, 6.45) is 1.57. The van der Waals surface area contributed by atoms with Crippen molar-refractivity contribution in [1.29, 1.82) is 5.26 Å². The molecule has 5 heteroatoms. The number of nitriles is 1. The smallest absolute Gasteiger partial charge is 0.273 e. The third-order valence-electron chi connectivity index (χ3n) is 2.17. The van der Waals surface area contributed by atoms with Crippen molar-refractivity contribution in [2.75, 3.05) is 6.54 Å². The molecule has 0 bridgehead atoms. The minimum atomic E-state index is -0.161. The molecule has 80 valence electrons. The van der Waals surface area contributed by atoms with E-state index in [9.17, 15) is 4.79 Å². The van der Waals surface area contributed by atoms with Crippen LogP contribution in [0.1, 0.15) is 24.3 Å². The highest BCUT2D eigenvalue weighted by Gasteiger charge is 2.20. The van der Waals surface area contributed by atoms with Gasteiger partial charge in [0.1, 0.15) is 12.2 Å². The maximum atomic E-state index is 12.0. The Morgan fingerprint density at radius 3 is 2.80 bits per heavy atom. The van der Waals surface area contributed by atoms with E-state index in [0.717, 1.165) is 0 Å². The lowest BCUT2D eigenvalue weighted by Crippen LogP contribution is -2.38. The van der Waals surface area contributed by atoms with E-state index in [-0.39, 0.29) is 18.5 Å². The highest BCUT2D eigenvalue weighted by Crippen LogP contribution is 2.06. The minimum absolute atomic E-state index is 0.00653. The molecule has 1 heterocycles. The van der Waals surface area contributed by atoms with Crippen LogP contribution in [0.15, 0.2) is 12.3 Å². The molecule has 0 saturated carbocycles. The average molecular weight is 206 g/mol. The molecule has 0 aliphatic rings. The van der Waals surface area contributed by atoms with Gasteiger partial charge in [0.25, 0.3) is 5.91 Å². The average Bonchev–Trinajstić information content (AvgIpc) is 2.59. The summed E-state index contributed by atoms with van der Waals surface area (Å²) >= 11 is 0. The van der Waals surface area contributed by atoms with Gasteiger partial charge < -0.3 is 4.90 Å². The second-order valence-electron chi connectivity index (χ2n) is 3.52. The van der Waals surface area contributed by atoms with Crippen LogP contribution in [0, 0.1) is 11.3 Å². The molecule has 1 amide bonds. The molecular formula is C10H14N4O. The van der Waals surface area contributed by atoms with Crippen LogP contribution in [-0.4, -0.2) is 33.2 Å². The SMILES string of the molecule is CC(C)N(CC#N)C(=O)c1ccnn1C. The van der Waals surface area contributed by atoms with Crippen molar-refractivity contribution in [1.82, 2.24) is 14.7 Å². The summed E-state index contributed by atoms with van der Waals surface area (Å²) in [6.45, 7) is 3.86. The molecule has 0 radical (unpaired) electrons. The number of hydrogen-bond acceptors (Lipinski definition) is 3. The van der Waals surface area contributed by atoms with E-state index in [1.165, 1.54) is 9.58 Å². The molecule has 5 nitrogen and oxygen atoms in total. The molecule has 0 atom stereocenters. The van der Waals surface area contributed by atoms with Crippen molar-refractivity contribution >= 4 is 5.91 Å². The maximum absolute atomic E-state index is 12.0. The van der Waals surface area contributed by atoms with E-state index >= 15 is 0 Å². The number of nitrogens with zero attached hydrogens (tertiary/aromatic N) is 4. The Balaban J connectivity index is 2.92. The van der Waals surface area contributed by atoms with E-state index in [4.69, 9.17) is 5.26 Å². The molecule has 1 rings (SSSR count). The van der Waals surface area contributed by atoms with Gasteiger partial charge in [0.2, 0.25) is 0 Å². The summed E-state index contributed by atoms with van der Waals surface area (Å²) in [7, 11) is 1.71. The van der Waals surface area contributed by atoms with E-state index < -0.39 is 0 Å². The normalized spacial score (nSPS) is 10.1. The predicted octanol–water partition coefficient (Wildman–Crippen LogP) is 0.794. The van der Waals surface area contributed by atoms with Gasteiger partial charge >= 0.3 is 0 Å². The first-order valence-corrected chi connectivity index (χ1v) is 4.74. The van der Waals surface area contributed by atoms with Crippen LogP contribution in [0.3, 0.4) is 0 Å². The van der Waals surface area contributed by atoms with Crippen LogP contribution in [-0.2, 0) is 7.05 Å². The van der Waals surface area contributed by atoms with Gasteiger partial charge in [-0.05, 0) is 19.9 Å². The van der Waals surface area contributed by atoms with Gasteiger partial charge in [-0.25, -0.2) is 0 Å². The lowest BCUT2D eigenvalue weighted by molar-refractivity contribution is 0.0720. The molecule has 1 aromatic heterocycles. The van der Waals surface area contributed by atoms with Crippen molar-refractivity contribution in [3.05, 3.63) is 18.0 Å². The largest absolute Gasteiger partial charge is 0.322 e. The second-order valence-corrected chi connectivity index (χ2v) is 3.52. The number of rotatable bonds is 3. The molecule has 0 spiro atoms. The van der Waals surface area contributed by atoms with Crippen LogP contribution in [0.2, 0.25) is 0 Å². The van der Waals surface area contributed by atoms with Crippen molar-refractivity contribution in [2.45, 2.75) is 19.9 Å². The van der Waals surface area contributed by atoms with Gasteiger partial charge in [0, 0.05) is 19.3 Å². The Morgan fingerprint density at radius 1 is 1.73 bits per heavy atom. The van der Waals surface area contributed by atoms with Gasteiger partial charge in [0.15, 0.2) is 0 Å². The summed E-state index contributed by atoms with van der Waals surface area (Å²) in [5.74, 6) is -0.161. The summed E-state index contributed by atoms with van der Waals surface area (Å²) < 4.78 is 1.51. The fourth-order valence-corrected chi connectivity index (χ4v) is 1.30. The van der Waals surface area contributed by atoms with E-state index in [1.54, 1.807) is 19.3 Å². The topological polar surface area (TPSA) is 61.9 Å². The Kier molecular flexibility index (Phi) is 3.45. The monoisotopic (exact) mass is 206 g/mol. The first-order valence-electron chi connectivity index (χ1n) is 4.74. The Bertz CT molecular complexity index is 388. The van der Waals surface area contributed by atoms with Crippen LogP contribution in [0.4, 0.5) is 0 Å². The lowest BCUT2D eigenvalue weighted by Gasteiger charge is -2.23. The molecule has 1 aromatic rings. The number of carbonyl (C=O) groups is 1. The second kappa shape index (κ2) is 4.60. The summed E-state index contributed by atoms with van der Waals surface area (Å²) in [5, 5.41) is 12.6. The zero-order valence-corrected chi connectivity index (χ0v) is 9.14. The van der Waals surface area contributed by atoms with Crippen LogP contribution >= 0.6 is 0 Å². The van der Waals surface area contributed by atoms with Gasteiger partial charge in [-0.2, -0.15) is 10.4 Å². The Morgan fingerprint density at radius 2 is 2.40 bits per heavy atom. The van der Waals surface area contributed by atoms with Crippen molar-refractivity contribution in [3.63, 3.8) is 0 Å². The standard InChI is InChI=1S/C10H14N4O/c1-8(2)14(7-5-11)10(15)9-4-6-12-13(9)3/h4,6,8H,7H2,1-3H3. The lowest BCUT2D eigenvalue weighted by atomic mass is 10.2. The third-order valence-corrected chi connectivity index (χ3v) is 2.17. The Hall–Kier alpha value is -1.83. The number of carbonyl (C=O) groups excluding carboxylic acids is 1. The molecule has 0 N–H and O–H groups in total. The maximum Gasteiger partial charge on any atom is 0.273 e. The molecule has 0 aromatic carbocycles. The van der Waals surface area contributed by atoms with E-state index in [2.05, 4.69) is 5.10 Å². The molecule has 0 saturated heterocycles. The van der Waals surface area contributed by atoms with Gasteiger partial charge in [0.05, 0.1) is 6.07 Å². The quantitative estimate of drug-likeness (QED) is 0.687. The van der Waals surface area contributed by atoms with Gasteiger partial charge in [-0.3, -0.25) is 9.48 Å². The zero-order chi connectivity index (χ0) is 11.4.